The van der Waals surface area contributed by atoms with Crippen LogP contribution in [-0.4, -0.2) is 14.8 Å². The maximum atomic E-state index is 12.6. The molecule has 8 heteroatoms. The van der Waals surface area contributed by atoms with Crippen LogP contribution in [0.2, 0.25) is 0 Å². The van der Waals surface area contributed by atoms with Gasteiger partial charge in [-0.2, -0.15) is 18.2 Å². The summed E-state index contributed by atoms with van der Waals surface area (Å²) in [4.78, 5) is 3.82. The molecule has 19 heavy (non-hydrogen) atoms. The molecule has 102 valence electrons. The van der Waals surface area contributed by atoms with Gasteiger partial charge in [-0.05, 0) is 18.2 Å². The van der Waals surface area contributed by atoms with Crippen LogP contribution in [0.25, 0.3) is 0 Å². The Labute approximate surface area is 106 Å². The van der Waals surface area contributed by atoms with Crippen LogP contribution in [0.1, 0.15) is 11.1 Å². The van der Waals surface area contributed by atoms with Gasteiger partial charge in [0.15, 0.2) is 0 Å². The molecule has 0 amide bonds. The van der Waals surface area contributed by atoms with Crippen molar-refractivity contribution < 1.29 is 17.9 Å². The third-order valence-electron chi connectivity index (χ3n) is 2.39. The number of alkyl halides is 3. The predicted octanol–water partition coefficient (Wildman–Crippen LogP) is 2.08. The molecule has 0 aliphatic heterocycles. The lowest BCUT2D eigenvalue weighted by Crippen LogP contribution is -2.08. The van der Waals surface area contributed by atoms with E-state index in [2.05, 4.69) is 10.1 Å². The summed E-state index contributed by atoms with van der Waals surface area (Å²) in [5.74, 6) is 0.210. The molecule has 1 heterocycles. The average Bonchev–Trinajstić information content (AvgIpc) is 2.74. The molecule has 1 aromatic carbocycles. The van der Waals surface area contributed by atoms with Crippen molar-refractivity contribution in [2.75, 3.05) is 0 Å². The fraction of sp³-hybridized carbons (Fsp3) is 0.273. The van der Waals surface area contributed by atoms with Gasteiger partial charge in [-0.1, -0.05) is 0 Å². The molecule has 0 fully saturated rings. The fourth-order valence-electron chi connectivity index (χ4n) is 1.48. The standard InChI is InChI=1S/C11H11F3N4O/c1-18-6-16-10(17-18)19-9-3-2-8(11(12,13)14)4-7(9)5-15/h2-4,6H,5,15H2,1H3. The number of hydrogen-bond donors (Lipinski definition) is 1. The van der Waals surface area contributed by atoms with Crippen LogP contribution in [-0.2, 0) is 19.8 Å². The lowest BCUT2D eigenvalue weighted by atomic mass is 10.1. The van der Waals surface area contributed by atoms with Crippen molar-refractivity contribution in [2.45, 2.75) is 12.7 Å². The van der Waals surface area contributed by atoms with Crippen LogP contribution < -0.4 is 10.5 Å². The second kappa shape index (κ2) is 4.88. The monoisotopic (exact) mass is 272 g/mol. The van der Waals surface area contributed by atoms with E-state index in [1.54, 1.807) is 7.05 Å². The van der Waals surface area contributed by atoms with Gasteiger partial charge in [0.1, 0.15) is 12.1 Å². The third-order valence-corrected chi connectivity index (χ3v) is 2.39. The van der Waals surface area contributed by atoms with Crippen molar-refractivity contribution in [3.63, 3.8) is 0 Å². The van der Waals surface area contributed by atoms with Crippen molar-refractivity contribution in [1.29, 1.82) is 0 Å². The van der Waals surface area contributed by atoms with Gasteiger partial charge in [0.05, 0.1) is 5.56 Å². The second-order valence-electron chi connectivity index (χ2n) is 3.83. The zero-order chi connectivity index (χ0) is 14.0. The minimum absolute atomic E-state index is 0.0527. The van der Waals surface area contributed by atoms with E-state index >= 15 is 0 Å². The average molecular weight is 272 g/mol. The van der Waals surface area contributed by atoms with E-state index in [0.29, 0.717) is 0 Å². The van der Waals surface area contributed by atoms with Crippen molar-refractivity contribution >= 4 is 0 Å². The van der Waals surface area contributed by atoms with Crippen LogP contribution in [0.3, 0.4) is 0 Å². The van der Waals surface area contributed by atoms with Crippen LogP contribution in [0, 0.1) is 0 Å². The number of nitrogens with zero attached hydrogens (tertiary/aromatic N) is 3. The van der Waals surface area contributed by atoms with Gasteiger partial charge < -0.3 is 10.5 Å². The Morgan fingerprint density at radius 1 is 1.37 bits per heavy atom. The van der Waals surface area contributed by atoms with Gasteiger partial charge in [0.25, 0.3) is 0 Å². The van der Waals surface area contributed by atoms with Crippen LogP contribution >= 0.6 is 0 Å². The molecule has 2 N–H and O–H groups in total. The quantitative estimate of drug-likeness (QED) is 0.929. The molecule has 2 rings (SSSR count). The number of benzene rings is 1. The van der Waals surface area contributed by atoms with E-state index in [4.69, 9.17) is 10.5 Å². The largest absolute Gasteiger partial charge is 0.423 e. The number of nitrogens with two attached hydrogens (primary N) is 1. The van der Waals surface area contributed by atoms with Gasteiger partial charge in [-0.15, -0.1) is 5.10 Å². The van der Waals surface area contributed by atoms with Crippen LogP contribution in [0.5, 0.6) is 11.8 Å². The summed E-state index contributed by atoms with van der Waals surface area (Å²) in [6.45, 7) is -0.0773. The summed E-state index contributed by atoms with van der Waals surface area (Å²) < 4.78 is 44.4. The molecule has 0 saturated heterocycles. The Kier molecular flexibility index (Phi) is 3.43. The molecule has 0 aliphatic rings. The molecule has 0 unspecified atom stereocenters. The first kappa shape index (κ1) is 13.3. The molecule has 0 radical (unpaired) electrons. The summed E-state index contributed by atoms with van der Waals surface area (Å²) in [6.07, 6.45) is -2.99. The topological polar surface area (TPSA) is 66.0 Å². The lowest BCUT2D eigenvalue weighted by Gasteiger charge is -2.11. The minimum atomic E-state index is -4.41. The Hall–Kier alpha value is -2.09. The maximum Gasteiger partial charge on any atom is 0.416 e. The van der Waals surface area contributed by atoms with Crippen molar-refractivity contribution in [3.8, 4) is 11.8 Å². The number of ether oxygens (including phenoxy) is 1. The molecule has 0 spiro atoms. The number of aryl methyl sites for hydroxylation is 1. The SMILES string of the molecule is Cn1cnc(Oc2ccc(C(F)(F)F)cc2CN)n1. The summed E-state index contributed by atoms with van der Waals surface area (Å²) in [6, 6.07) is 3.15. The number of halogens is 3. The molecule has 5 nitrogen and oxygen atoms in total. The van der Waals surface area contributed by atoms with Crippen LogP contribution in [0.15, 0.2) is 24.5 Å². The highest BCUT2D eigenvalue weighted by molar-refractivity contribution is 5.39. The number of aromatic nitrogens is 3. The Morgan fingerprint density at radius 2 is 2.11 bits per heavy atom. The summed E-state index contributed by atoms with van der Waals surface area (Å²) >= 11 is 0. The minimum Gasteiger partial charge on any atom is -0.423 e. The van der Waals surface area contributed by atoms with Gasteiger partial charge in [0, 0.05) is 19.2 Å². The van der Waals surface area contributed by atoms with E-state index < -0.39 is 11.7 Å². The number of rotatable bonds is 3. The Balaban J connectivity index is 2.31. The van der Waals surface area contributed by atoms with Crippen molar-refractivity contribution in [2.24, 2.45) is 12.8 Å². The first-order chi connectivity index (χ1) is 8.90. The molecule has 1 aromatic heterocycles. The van der Waals surface area contributed by atoms with E-state index in [1.807, 2.05) is 0 Å². The fourth-order valence-corrected chi connectivity index (χ4v) is 1.48. The Morgan fingerprint density at radius 3 is 2.63 bits per heavy atom. The molecular weight excluding hydrogens is 261 g/mol. The van der Waals surface area contributed by atoms with Gasteiger partial charge >= 0.3 is 12.2 Å². The first-order valence-corrected chi connectivity index (χ1v) is 5.34. The summed E-state index contributed by atoms with van der Waals surface area (Å²) in [7, 11) is 1.65. The van der Waals surface area contributed by atoms with Crippen molar-refractivity contribution in [1.82, 2.24) is 14.8 Å². The lowest BCUT2D eigenvalue weighted by molar-refractivity contribution is -0.137. The molecule has 0 atom stereocenters. The predicted molar refractivity (Wildman–Crippen MR) is 60.4 cm³/mol. The zero-order valence-corrected chi connectivity index (χ0v) is 9.98. The first-order valence-electron chi connectivity index (χ1n) is 5.34. The number of hydrogen-bond acceptors (Lipinski definition) is 4. The van der Waals surface area contributed by atoms with Gasteiger partial charge in [-0.3, -0.25) is 4.68 Å². The second-order valence-corrected chi connectivity index (χ2v) is 3.83. The Bertz CT molecular complexity index is 580. The normalized spacial score (nSPS) is 11.6. The highest BCUT2D eigenvalue weighted by atomic mass is 19.4. The summed E-state index contributed by atoms with van der Waals surface area (Å²) in [5.41, 5.74) is 4.90. The molecule has 2 aromatic rings. The van der Waals surface area contributed by atoms with Gasteiger partial charge in [-0.25, -0.2) is 0 Å². The smallest absolute Gasteiger partial charge is 0.416 e. The third kappa shape index (κ3) is 3.02. The van der Waals surface area contributed by atoms with E-state index in [-0.39, 0.29) is 23.9 Å². The van der Waals surface area contributed by atoms with Crippen molar-refractivity contribution in [3.05, 3.63) is 35.7 Å². The van der Waals surface area contributed by atoms with Crippen LogP contribution in [0.4, 0.5) is 13.2 Å². The van der Waals surface area contributed by atoms with E-state index in [9.17, 15) is 13.2 Å². The zero-order valence-electron chi connectivity index (χ0n) is 9.98. The molecule has 0 bridgehead atoms. The molecular formula is C11H11F3N4O. The van der Waals surface area contributed by atoms with E-state index in [0.717, 1.165) is 12.1 Å². The van der Waals surface area contributed by atoms with E-state index in [1.165, 1.54) is 17.1 Å². The molecule has 0 aliphatic carbocycles. The highest BCUT2D eigenvalue weighted by Gasteiger charge is 2.31. The van der Waals surface area contributed by atoms with Gasteiger partial charge in [0.2, 0.25) is 0 Å². The summed E-state index contributed by atoms with van der Waals surface area (Å²) in [5, 5.41) is 3.87. The maximum absolute atomic E-state index is 12.6. The molecule has 0 saturated carbocycles. The highest BCUT2D eigenvalue weighted by Crippen LogP contribution is 2.33.